The Morgan fingerprint density at radius 3 is 2.33 bits per heavy atom. The fraction of sp³-hybridized carbons (Fsp3) is 0.125. The quantitative estimate of drug-likeness (QED) is 0.554. The molecule has 3 aromatic rings. The van der Waals surface area contributed by atoms with Gasteiger partial charge in [-0.25, -0.2) is 8.78 Å². The van der Waals surface area contributed by atoms with Gasteiger partial charge >= 0.3 is 0 Å². The summed E-state index contributed by atoms with van der Waals surface area (Å²) in [4.78, 5) is 38.7. The first-order valence-electron chi connectivity index (χ1n) is 9.93. The molecule has 7 nitrogen and oxygen atoms in total. The highest BCUT2D eigenvalue weighted by atomic mass is 19.1. The Hall–Kier alpha value is -4.27. The van der Waals surface area contributed by atoms with Crippen molar-refractivity contribution in [3.63, 3.8) is 0 Å². The normalized spacial score (nSPS) is 12.5. The summed E-state index contributed by atoms with van der Waals surface area (Å²) in [6.45, 7) is -0.877. The molecule has 1 N–H and O–H groups in total. The average Bonchev–Trinajstić information content (AvgIpc) is 2.81. The van der Waals surface area contributed by atoms with Gasteiger partial charge in [0.15, 0.2) is 19.0 Å². The summed E-state index contributed by atoms with van der Waals surface area (Å²) in [5, 5.41) is 2.59. The minimum Gasteiger partial charge on any atom is -0.485 e. The summed E-state index contributed by atoms with van der Waals surface area (Å²) in [6.07, 6.45) is 0. The number of hydrogen-bond acceptors (Lipinski definition) is 5. The predicted molar refractivity (Wildman–Crippen MR) is 116 cm³/mol. The van der Waals surface area contributed by atoms with Crippen LogP contribution < -0.4 is 19.7 Å². The number of halogens is 2. The van der Waals surface area contributed by atoms with Crippen LogP contribution in [0.1, 0.15) is 10.4 Å². The summed E-state index contributed by atoms with van der Waals surface area (Å²) in [6, 6.07) is 15.0. The molecule has 1 aliphatic heterocycles. The van der Waals surface area contributed by atoms with Gasteiger partial charge in [0.05, 0.1) is 5.69 Å². The van der Waals surface area contributed by atoms with Crippen LogP contribution in [0.15, 0.2) is 66.7 Å². The van der Waals surface area contributed by atoms with E-state index in [1.807, 2.05) is 0 Å². The molecule has 3 aromatic carbocycles. The van der Waals surface area contributed by atoms with Gasteiger partial charge in [0.25, 0.3) is 5.91 Å². The van der Waals surface area contributed by atoms with E-state index < -0.39 is 23.4 Å². The summed E-state index contributed by atoms with van der Waals surface area (Å²) < 4.78 is 36.9. The first-order chi connectivity index (χ1) is 15.9. The molecule has 9 heteroatoms. The molecule has 0 aromatic heterocycles. The zero-order valence-corrected chi connectivity index (χ0v) is 17.2. The lowest BCUT2D eigenvalue weighted by Crippen LogP contribution is -2.43. The molecule has 0 bridgehead atoms. The average molecular weight is 452 g/mol. The second kappa shape index (κ2) is 9.47. The summed E-state index contributed by atoms with van der Waals surface area (Å²) in [5.41, 5.74) is 0.899. The van der Waals surface area contributed by atoms with Crippen molar-refractivity contribution in [1.29, 1.82) is 0 Å². The lowest BCUT2D eigenvalue weighted by molar-refractivity contribution is -0.123. The second-order valence-electron chi connectivity index (χ2n) is 7.17. The van der Waals surface area contributed by atoms with E-state index in [0.717, 1.165) is 0 Å². The Morgan fingerprint density at radius 2 is 1.64 bits per heavy atom. The highest BCUT2D eigenvalue weighted by Crippen LogP contribution is 2.33. The molecule has 33 heavy (non-hydrogen) atoms. The second-order valence-corrected chi connectivity index (χ2v) is 7.17. The number of benzene rings is 3. The molecule has 1 heterocycles. The zero-order valence-electron chi connectivity index (χ0n) is 17.2. The molecule has 0 fully saturated rings. The third-order valence-corrected chi connectivity index (χ3v) is 4.84. The first kappa shape index (κ1) is 21.9. The summed E-state index contributed by atoms with van der Waals surface area (Å²) >= 11 is 0. The number of ether oxygens (including phenoxy) is 2. The maximum Gasteiger partial charge on any atom is 0.265 e. The molecule has 1 aliphatic rings. The summed E-state index contributed by atoms with van der Waals surface area (Å²) in [5.74, 6) is -1.51. The van der Waals surface area contributed by atoms with Crippen LogP contribution in [-0.4, -0.2) is 37.4 Å². The van der Waals surface area contributed by atoms with E-state index in [0.29, 0.717) is 17.2 Å². The number of rotatable bonds is 7. The Balaban J connectivity index is 1.47. The molecule has 0 radical (unpaired) electrons. The van der Waals surface area contributed by atoms with E-state index in [4.69, 9.17) is 9.47 Å². The molecule has 168 valence electrons. The maximum absolute atomic E-state index is 13.1. The van der Waals surface area contributed by atoms with E-state index in [1.165, 1.54) is 71.6 Å². The zero-order chi connectivity index (χ0) is 23.4. The topological polar surface area (TPSA) is 84.9 Å². The number of carbonyl (C=O) groups excluding carboxylic acids is 3. The van der Waals surface area contributed by atoms with Crippen molar-refractivity contribution in [2.75, 3.05) is 30.0 Å². The number of hydrogen-bond donors (Lipinski definition) is 1. The molecule has 0 atom stereocenters. The standard InChI is InChI=1S/C24H18F2N2O5/c25-16-2-6-18(7-3-16)27-23(30)12-28-20-11-15(1-10-22(20)33-14-24(28)31)21(29)13-32-19-8-4-17(26)5-9-19/h1-11H,12-14H2,(H,27,30). The van der Waals surface area contributed by atoms with Gasteiger partial charge in [-0.2, -0.15) is 0 Å². The number of nitrogens with one attached hydrogen (secondary N) is 1. The number of fused-ring (bicyclic) bond motifs is 1. The monoisotopic (exact) mass is 452 g/mol. The van der Waals surface area contributed by atoms with Crippen LogP contribution in [0.5, 0.6) is 11.5 Å². The largest absolute Gasteiger partial charge is 0.485 e. The number of ketones is 1. The third kappa shape index (κ3) is 5.32. The fourth-order valence-corrected chi connectivity index (χ4v) is 3.19. The number of anilines is 2. The summed E-state index contributed by atoms with van der Waals surface area (Å²) in [7, 11) is 0. The number of carbonyl (C=O) groups is 3. The SMILES string of the molecule is O=C(CN1C(=O)COc2ccc(C(=O)COc3ccc(F)cc3)cc21)Nc1ccc(F)cc1. The van der Waals surface area contributed by atoms with Crippen molar-refractivity contribution in [2.45, 2.75) is 0 Å². The van der Waals surface area contributed by atoms with Crippen LogP contribution in [-0.2, 0) is 9.59 Å². The lowest BCUT2D eigenvalue weighted by Gasteiger charge is -2.29. The Morgan fingerprint density at radius 1 is 0.970 bits per heavy atom. The van der Waals surface area contributed by atoms with Crippen LogP contribution in [0.25, 0.3) is 0 Å². The van der Waals surface area contributed by atoms with Gasteiger partial charge in [0.1, 0.15) is 29.7 Å². The van der Waals surface area contributed by atoms with Gasteiger partial charge in [0, 0.05) is 11.3 Å². The highest BCUT2D eigenvalue weighted by Gasteiger charge is 2.28. The molecule has 0 spiro atoms. The maximum atomic E-state index is 13.1. The number of amides is 2. The van der Waals surface area contributed by atoms with E-state index >= 15 is 0 Å². The number of Topliss-reactive ketones (excluding diaryl/α,β-unsaturated/α-hetero) is 1. The van der Waals surface area contributed by atoms with Gasteiger partial charge < -0.3 is 14.8 Å². The van der Waals surface area contributed by atoms with Crippen molar-refractivity contribution >= 4 is 29.0 Å². The minimum atomic E-state index is -0.501. The van der Waals surface area contributed by atoms with Crippen LogP contribution in [0.4, 0.5) is 20.2 Å². The van der Waals surface area contributed by atoms with E-state index in [9.17, 15) is 23.2 Å². The van der Waals surface area contributed by atoms with Gasteiger partial charge in [-0.05, 0) is 66.7 Å². The molecule has 2 amide bonds. The van der Waals surface area contributed by atoms with Gasteiger partial charge in [-0.15, -0.1) is 0 Å². The third-order valence-electron chi connectivity index (χ3n) is 4.84. The van der Waals surface area contributed by atoms with Crippen LogP contribution >= 0.6 is 0 Å². The van der Waals surface area contributed by atoms with Crippen molar-refractivity contribution in [3.05, 3.63) is 83.9 Å². The van der Waals surface area contributed by atoms with Crippen molar-refractivity contribution in [3.8, 4) is 11.5 Å². The molecule has 0 saturated carbocycles. The van der Waals surface area contributed by atoms with E-state index in [-0.39, 0.29) is 36.8 Å². The first-order valence-corrected chi connectivity index (χ1v) is 9.93. The van der Waals surface area contributed by atoms with Crippen LogP contribution in [0.3, 0.4) is 0 Å². The Labute approximate surface area is 187 Å². The van der Waals surface area contributed by atoms with Gasteiger partial charge in [-0.3, -0.25) is 19.3 Å². The van der Waals surface area contributed by atoms with Crippen LogP contribution in [0, 0.1) is 11.6 Å². The van der Waals surface area contributed by atoms with Crippen molar-refractivity contribution < 1.29 is 32.6 Å². The van der Waals surface area contributed by atoms with Gasteiger partial charge in [-0.1, -0.05) is 0 Å². The van der Waals surface area contributed by atoms with Crippen molar-refractivity contribution in [1.82, 2.24) is 0 Å². The Kier molecular flexibility index (Phi) is 6.30. The Bertz CT molecular complexity index is 1200. The number of nitrogens with zero attached hydrogens (tertiary/aromatic N) is 1. The smallest absolute Gasteiger partial charge is 0.265 e. The van der Waals surface area contributed by atoms with E-state index in [2.05, 4.69) is 5.32 Å². The molecular weight excluding hydrogens is 434 g/mol. The molecular formula is C24H18F2N2O5. The van der Waals surface area contributed by atoms with E-state index in [1.54, 1.807) is 0 Å². The minimum absolute atomic E-state index is 0.248. The molecule has 0 unspecified atom stereocenters. The van der Waals surface area contributed by atoms with Crippen LogP contribution in [0.2, 0.25) is 0 Å². The molecule has 0 saturated heterocycles. The molecule has 4 rings (SSSR count). The predicted octanol–water partition coefficient (Wildman–Crippen LogP) is 3.59. The van der Waals surface area contributed by atoms with Crippen molar-refractivity contribution in [2.24, 2.45) is 0 Å². The fourth-order valence-electron chi connectivity index (χ4n) is 3.19. The molecule has 0 aliphatic carbocycles. The highest BCUT2D eigenvalue weighted by molar-refractivity contribution is 6.06. The van der Waals surface area contributed by atoms with Gasteiger partial charge in [0.2, 0.25) is 5.91 Å². The lowest BCUT2D eigenvalue weighted by atomic mass is 10.1.